The molecular formula is C15H22O. The zero-order valence-electron chi connectivity index (χ0n) is 10.8. The fourth-order valence-electron chi connectivity index (χ4n) is 5.14. The van der Waals surface area contributed by atoms with E-state index in [1.807, 2.05) is 0 Å². The number of allylic oxidation sites excluding steroid dienone is 2. The molecule has 1 heteroatoms. The molecule has 0 aromatic carbocycles. The molecule has 2 saturated carbocycles. The molecule has 0 heterocycles. The number of rotatable bonds is 1. The molecule has 4 rings (SSSR count). The van der Waals surface area contributed by atoms with Crippen LogP contribution in [-0.2, 0) is 4.79 Å². The molecule has 4 bridgehead atoms. The first-order valence-corrected chi connectivity index (χ1v) is 6.66. The van der Waals surface area contributed by atoms with Gasteiger partial charge in [-0.2, -0.15) is 0 Å². The third-order valence-electron chi connectivity index (χ3n) is 5.65. The lowest BCUT2D eigenvalue weighted by atomic mass is 9.34. The number of hydrogen-bond acceptors (Lipinski definition) is 1. The first kappa shape index (κ1) is 10.6. The fourth-order valence-corrected chi connectivity index (χ4v) is 5.14. The number of Topliss-reactive ketones (excluding diaryl/α,β-unsaturated/α-hetero) is 1. The van der Waals surface area contributed by atoms with E-state index < -0.39 is 0 Å². The summed E-state index contributed by atoms with van der Waals surface area (Å²) in [4.78, 5) is 12.2. The van der Waals surface area contributed by atoms with Crippen LogP contribution in [0, 0.1) is 35.0 Å². The van der Waals surface area contributed by atoms with Gasteiger partial charge < -0.3 is 0 Å². The van der Waals surface area contributed by atoms with Gasteiger partial charge in [0.25, 0.3) is 0 Å². The van der Waals surface area contributed by atoms with Crippen molar-refractivity contribution in [1.29, 1.82) is 0 Å². The molecule has 0 radical (unpaired) electrons. The van der Waals surface area contributed by atoms with E-state index >= 15 is 0 Å². The van der Waals surface area contributed by atoms with Crippen molar-refractivity contribution < 1.29 is 4.79 Å². The molecule has 88 valence electrons. The van der Waals surface area contributed by atoms with Gasteiger partial charge in [-0.05, 0) is 42.4 Å². The van der Waals surface area contributed by atoms with Crippen LogP contribution in [0.1, 0.15) is 40.5 Å². The number of carbonyl (C=O) groups is 1. The summed E-state index contributed by atoms with van der Waals surface area (Å²) in [5, 5.41) is 0. The Morgan fingerprint density at radius 1 is 1.44 bits per heavy atom. The topological polar surface area (TPSA) is 17.1 Å². The lowest BCUT2D eigenvalue weighted by molar-refractivity contribution is -0.187. The van der Waals surface area contributed by atoms with E-state index in [0.717, 1.165) is 18.3 Å². The van der Waals surface area contributed by atoms with Gasteiger partial charge in [-0.25, -0.2) is 0 Å². The first-order chi connectivity index (χ1) is 7.47. The quantitative estimate of drug-likeness (QED) is 0.616. The van der Waals surface area contributed by atoms with E-state index in [-0.39, 0.29) is 0 Å². The summed E-state index contributed by atoms with van der Waals surface area (Å²) in [6.07, 6.45) is 4.48. The molecule has 0 saturated heterocycles. The van der Waals surface area contributed by atoms with E-state index in [9.17, 15) is 4.79 Å². The van der Waals surface area contributed by atoms with E-state index in [1.165, 1.54) is 6.42 Å². The summed E-state index contributed by atoms with van der Waals surface area (Å²) in [6.45, 7) is 9.07. The monoisotopic (exact) mass is 218 g/mol. The van der Waals surface area contributed by atoms with Gasteiger partial charge in [-0.1, -0.05) is 32.4 Å². The van der Waals surface area contributed by atoms with Crippen molar-refractivity contribution in [3.63, 3.8) is 0 Å². The minimum absolute atomic E-state index is 0.325. The van der Waals surface area contributed by atoms with Crippen molar-refractivity contribution in [2.45, 2.75) is 40.5 Å². The van der Waals surface area contributed by atoms with Crippen LogP contribution in [0.5, 0.6) is 0 Å². The van der Waals surface area contributed by atoms with Crippen LogP contribution in [0.3, 0.4) is 0 Å². The number of ketones is 1. The maximum absolute atomic E-state index is 12.2. The maximum Gasteiger partial charge on any atom is 0.137 e. The molecule has 2 fully saturated rings. The average molecular weight is 218 g/mol. The summed E-state index contributed by atoms with van der Waals surface area (Å²) in [6, 6.07) is 0. The van der Waals surface area contributed by atoms with E-state index in [4.69, 9.17) is 0 Å². The molecule has 0 spiro atoms. The Morgan fingerprint density at radius 2 is 2.12 bits per heavy atom. The molecule has 1 unspecified atom stereocenters. The van der Waals surface area contributed by atoms with Gasteiger partial charge in [0, 0.05) is 12.3 Å². The van der Waals surface area contributed by atoms with Gasteiger partial charge in [0.2, 0.25) is 0 Å². The third kappa shape index (κ3) is 1.00. The molecule has 0 aromatic rings. The zero-order chi connectivity index (χ0) is 11.7. The highest BCUT2D eigenvalue weighted by Gasteiger charge is 2.67. The van der Waals surface area contributed by atoms with E-state index in [2.05, 4.69) is 33.8 Å². The summed E-state index contributed by atoms with van der Waals surface area (Å²) >= 11 is 0. The predicted octanol–water partition coefficient (Wildman–Crippen LogP) is 3.45. The van der Waals surface area contributed by atoms with Crippen LogP contribution in [0.25, 0.3) is 0 Å². The molecule has 0 aliphatic heterocycles. The molecule has 0 aromatic heterocycles. The van der Waals surface area contributed by atoms with Crippen molar-refractivity contribution in [3.05, 3.63) is 11.6 Å². The number of hydrogen-bond donors (Lipinski definition) is 0. The molecule has 0 amide bonds. The highest BCUT2D eigenvalue weighted by Crippen LogP contribution is 2.70. The largest absolute Gasteiger partial charge is 0.299 e. The number of fused-ring (bicyclic) bond motifs is 1. The Balaban J connectivity index is 2.01. The molecule has 1 nitrogen and oxygen atoms in total. The molecule has 4 aliphatic carbocycles. The average Bonchev–Trinajstić information content (AvgIpc) is 2.15. The summed E-state index contributed by atoms with van der Waals surface area (Å²) < 4.78 is 0. The van der Waals surface area contributed by atoms with Gasteiger partial charge >= 0.3 is 0 Å². The minimum Gasteiger partial charge on any atom is -0.299 e. The Kier molecular flexibility index (Phi) is 1.98. The predicted molar refractivity (Wildman–Crippen MR) is 64.9 cm³/mol. The van der Waals surface area contributed by atoms with Gasteiger partial charge in [0.1, 0.15) is 5.78 Å². The zero-order valence-corrected chi connectivity index (χ0v) is 10.8. The second-order valence-corrected chi connectivity index (χ2v) is 6.76. The van der Waals surface area contributed by atoms with Crippen molar-refractivity contribution in [2.75, 3.05) is 0 Å². The Bertz CT molecular complexity index is 379. The lowest BCUT2D eigenvalue weighted by Gasteiger charge is -2.69. The molecule has 0 N–H and O–H groups in total. The highest BCUT2D eigenvalue weighted by molar-refractivity contribution is 5.85. The highest BCUT2D eigenvalue weighted by atomic mass is 16.1. The van der Waals surface area contributed by atoms with Crippen molar-refractivity contribution in [2.24, 2.45) is 35.0 Å². The van der Waals surface area contributed by atoms with E-state index in [0.29, 0.717) is 29.0 Å². The van der Waals surface area contributed by atoms with Gasteiger partial charge in [0.05, 0.1) is 0 Å². The SMILES string of the molecule is CC1=CC[C@H]2[C@H]3[C@@H]1C2(C)CC(=O)[C@H]3C(C)C. The smallest absolute Gasteiger partial charge is 0.137 e. The lowest BCUT2D eigenvalue weighted by Crippen LogP contribution is -2.66. The Hall–Kier alpha value is -0.590. The van der Waals surface area contributed by atoms with Crippen molar-refractivity contribution in [3.8, 4) is 0 Å². The van der Waals surface area contributed by atoms with Crippen LogP contribution in [-0.4, -0.2) is 5.78 Å². The second-order valence-electron chi connectivity index (χ2n) is 6.76. The maximum atomic E-state index is 12.2. The second kappa shape index (κ2) is 3.00. The normalized spacial score (nSPS) is 50.1. The summed E-state index contributed by atoms with van der Waals surface area (Å²) in [5.74, 6) is 3.61. The first-order valence-electron chi connectivity index (χ1n) is 6.66. The third-order valence-corrected chi connectivity index (χ3v) is 5.65. The van der Waals surface area contributed by atoms with Crippen LogP contribution in [0.2, 0.25) is 0 Å². The van der Waals surface area contributed by atoms with Crippen LogP contribution < -0.4 is 0 Å². The Labute approximate surface area is 98.3 Å². The Morgan fingerprint density at radius 3 is 2.69 bits per heavy atom. The standard InChI is InChI=1S/C15H22O/c1-8(2)12-11(16)7-15(4)10-6-5-9(3)14(15)13(10)12/h5,8,10,12-14H,6-7H2,1-4H3/t10-,12+,13+,14+,15?/m0/s1. The van der Waals surface area contributed by atoms with Gasteiger partial charge in [-0.3, -0.25) is 4.79 Å². The van der Waals surface area contributed by atoms with Crippen molar-refractivity contribution >= 4 is 5.78 Å². The summed E-state index contributed by atoms with van der Waals surface area (Å²) in [5.41, 5.74) is 1.89. The van der Waals surface area contributed by atoms with E-state index in [1.54, 1.807) is 5.57 Å². The number of carbonyl (C=O) groups excluding carboxylic acids is 1. The van der Waals surface area contributed by atoms with Crippen molar-refractivity contribution in [1.82, 2.24) is 0 Å². The summed E-state index contributed by atoms with van der Waals surface area (Å²) in [7, 11) is 0. The van der Waals surface area contributed by atoms with Crippen LogP contribution >= 0.6 is 0 Å². The molecule has 5 atom stereocenters. The van der Waals surface area contributed by atoms with Crippen LogP contribution in [0.4, 0.5) is 0 Å². The van der Waals surface area contributed by atoms with Gasteiger partial charge in [-0.15, -0.1) is 0 Å². The van der Waals surface area contributed by atoms with Gasteiger partial charge in [0.15, 0.2) is 0 Å². The molecular weight excluding hydrogens is 196 g/mol. The molecule has 16 heavy (non-hydrogen) atoms. The molecule has 4 aliphatic rings. The van der Waals surface area contributed by atoms with Crippen LogP contribution in [0.15, 0.2) is 11.6 Å². The minimum atomic E-state index is 0.325. The fraction of sp³-hybridized carbons (Fsp3) is 0.800.